The molecule has 23 heavy (non-hydrogen) atoms. The van der Waals surface area contributed by atoms with Crippen LogP contribution in [0, 0.1) is 11.5 Å². The average Bonchev–Trinajstić information content (AvgIpc) is 2.70. The Bertz CT molecular complexity index is 527. The smallest absolute Gasteiger partial charge is 0.438 e. The highest BCUT2D eigenvalue weighted by molar-refractivity contribution is 8.14. The maximum Gasteiger partial charge on any atom is 0.438 e. The van der Waals surface area contributed by atoms with Gasteiger partial charge in [-0.1, -0.05) is 11.8 Å². The van der Waals surface area contributed by atoms with Crippen LogP contribution in [0.1, 0.15) is 20.8 Å². The van der Waals surface area contributed by atoms with E-state index in [0.717, 1.165) is 0 Å². The number of ether oxygens (including phenoxy) is 1. The summed E-state index contributed by atoms with van der Waals surface area (Å²) in [6.07, 6.45) is -4.37. The molecule has 0 aromatic heterocycles. The number of carbonyl (C=O) groups is 1. The number of thioether (sulfide) groups is 1. The van der Waals surface area contributed by atoms with Gasteiger partial charge in [-0.2, -0.15) is 18.4 Å². The van der Waals surface area contributed by atoms with Gasteiger partial charge in [0.05, 0.1) is 12.3 Å². The number of alkyl carbamates (subject to hydrolysis) is 1. The van der Waals surface area contributed by atoms with Crippen molar-refractivity contribution in [1.82, 2.24) is 10.2 Å². The van der Waals surface area contributed by atoms with Crippen molar-refractivity contribution < 1.29 is 27.8 Å². The monoisotopic (exact) mass is 354 g/mol. The van der Waals surface area contributed by atoms with Crippen LogP contribution in [-0.4, -0.2) is 57.6 Å². The number of alkyl halides is 3. The van der Waals surface area contributed by atoms with E-state index in [9.17, 15) is 23.1 Å². The highest BCUT2D eigenvalue weighted by atomic mass is 32.2. The van der Waals surface area contributed by atoms with Gasteiger partial charge in [0.15, 0.2) is 11.4 Å². The summed E-state index contributed by atoms with van der Waals surface area (Å²) in [5.74, 6) is -0.748. The number of halogens is 3. The maximum atomic E-state index is 12.8. The third-order valence-corrected chi connectivity index (χ3v) is 3.66. The largest absolute Gasteiger partial charge is 0.444 e. The number of hydrogen-bond donors (Lipinski definition) is 2. The van der Waals surface area contributed by atoms with Crippen LogP contribution in [0.3, 0.4) is 0 Å². The Balaban J connectivity index is 2.59. The second kappa shape index (κ2) is 6.84. The molecular weight excluding hydrogens is 337 g/mol. The molecule has 2 N–H and O–H groups in total. The van der Waals surface area contributed by atoms with Crippen LogP contribution in [0.2, 0.25) is 0 Å². The minimum atomic E-state index is -4.98. The summed E-state index contributed by atoms with van der Waals surface area (Å²) in [7, 11) is 0. The molecule has 1 aliphatic rings. The summed E-state index contributed by atoms with van der Waals surface area (Å²) in [5, 5.41) is 20.6. The summed E-state index contributed by atoms with van der Waals surface area (Å²) < 4.78 is 43.4. The molecule has 1 aliphatic heterocycles. The number of nitrogens with zero attached hydrogens (tertiary/aromatic N) is 3. The molecule has 7 nitrogen and oxygen atoms in total. The SMILES string of the molecule is CC(C)(C)OC(=O)NCC/N=C1\SCC(O)(C(F)(F)F)N1C#N. The Morgan fingerprint density at radius 1 is 1.57 bits per heavy atom. The van der Waals surface area contributed by atoms with Crippen LogP contribution in [0.5, 0.6) is 0 Å². The lowest BCUT2D eigenvalue weighted by molar-refractivity contribution is -0.280. The van der Waals surface area contributed by atoms with Gasteiger partial charge in [-0.05, 0) is 20.8 Å². The predicted molar refractivity (Wildman–Crippen MR) is 77.5 cm³/mol. The van der Waals surface area contributed by atoms with Gasteiger partial charge in [0.25, 0.3) is 5.72 Å². The molecule has 1 amide bonds. The molecule has 1 atom stereocenters. The van der Waals surface area contributed by atoms with Crippen molar-refractivity contribution in [3.05, 3.63) is 0 Å². The van der Waals surface area contributed by atoms with Crippen molar-refractivity contribution in [3.8, 4) is 6.19 Å². The first-order valence-corrected chi connectivity index (χ1v) is 7.52. The first-order valence-electron chi connectivity index (χ1n) is 6.54. The van der Waals surface area contributed by atoms with Crippen LogP contribution < -0.4 is 5.32 Å². The zero-order valence-electron chi connectivity index (χ0n) is 12.8. The van der Waals surface area contributed by atoms with E-state index in [1.54, 1.807) is 20.8 Å². The number of hydrogen-bond acceptors (Lipinski definition) is 6. The van der Waals surface area contributed by atoms with E-state index in [-0.39, 0.29) is 23.2 Å². The number of aliphatic imine (C=N–C) groups is 1. The molecule has 0 spiro atoms. The van der Waals surface area contributed by atoms with Crippen molar-refractivity contribution >= 4 is 23.0 Å². The zero-order chi connectivity index (χ0) is 17.9. The van der Waals surface area contributed by atoms with Crippen LogP contribution >= 0.6 is 11.8 Å². The Morgan fingerprint density at radius 3 is 2.65 bits per heavy atom. The van der Waals surface area contributed by atoms with E-state index < -0.39 is 29.3 Å². The van der Waals surface area contributed by atoms with E-state index in [1.807, 2.05) is 0 Å². The fourth-order valence-electron chi connectivity index (χ4n) is 1.53. The van der Waals surface area contributed by atoms with Crippen LogP contribution in [0.4, 0.5) is 18.0 Å². The Morgan fingerprint density at radius 2 is 2.17 bits per heavy atom. The van der Waals surface area contributed by atoms with Crippen molar-refractivity contribution in [3.63, 3.8) is 0 Å². The van der Waals surface area contributed by atoms with Gasteiger partial charge in [-0.15, -0.1) is 0 Å². The van der Waals surface area contributed by atoms with E-state index in [1.165, 1.54) is 6.19 Å². The quantitative estimate of drug-likeness (QED) is 0.591. The van der Waals surface area contributed by atoms with E-state index in [0.29, 0.717) is 11.8 Å². The topological polar surface area (TPSA) is 97.9 Å². The molecule has 1 saturated heterocycles. The molecule has 0 radical (unpaired) electrons. The van der Waals surface area contributed by atoms with Gasteiger partial charge >= 0.3 is 12.3 Å². The highest BCUT2D eigenvalue weighted by Gasteiger charge is 2.63. The fraction of sp³-hybridized carbons (Fsp3) is 0.750. The number of amidine groups is 1. The normalized spacial score (nSPS) is 23.7. The standard InChI is InChI=1S/C12H17F3N4O3S/c1-10(2,3)22-9(20)18-5-4-17-8-19(7-16)11(21,6-23-8)12(13,14)15/h21H,4-6H2,1-3H3,(H,18,20)/b17-8-. The predicted octanol–water partition coefficient (Wildman–Crippen LogP) is 1.65. The number of carbonyl (C=O) groups excluding carboxylic acids is 1. The Kier molecular flexibility index (Phi) is 5.76. The summed E-state index contributed by atoms with van der Waals surface area (Å²) >= 11 is 0.617. The lowest BCUT2D eigenvalue weighted by Crippen LogP contribution is -2.56. The van der Waals surface area contributed by atoms with E-state index >= 15 is 0 Å². The van der Waals surface area contributed by atoms with Crippen LogP contribution in [0.25, 0.3) is 0 Å². The Hall–Kier alpha value is -1.67. The second-order valence-corrected chi connectivity index (χ2v) is 6.57. The average molecular weight is 354 g/mol. The molecule has 1 unspecified atom stereocenters. The fourth-order valence-corrected chi connectivity index (χ4v) is 2.65. The van der Waals surface area contributed by atoms with Crippen molar-refractivity contribution in [2.75, 3.05) is 18.8 Å². The number of rotatable bonds is 3. The molecule has 1 heterocycles. The zero-order valence-corrected chi connectivity index (χ0v) is 13.6. The molecule has 11 heteroatoms. The van der Waals surface area contributed by atoms with Crippen LogP contribution in [0.15, 0.2) is 4.99 Å². The summed E-state index contributed by atoms with van der Waals surface area (Å²) in [4.78, 5) is 15.3. The maximum absolute atomic E-state index is 12.8. The summed E-state index contributed by atoms with van der Waals surface area (Å²) in [6, 6.07) is 0. The molecule has 1 rings (SSSR count). The Labute approximate surface area is 135 Å². The van der Waals surface area contributed by atoms with E-state index in [2.05, 4.69) is 10.3 Å². The highest BCUT2D eigenvalue weighted by Crippen LogP contribution is 2.42. The molecule has 130 valence electrons. The van der Waals surface area contributed by atoms with Gasteiger partial charge in [0, 0.05) is 6.54 Å². The number of nitriles is 1. The van der Waals surface area contributed by atoms with Gasteiger partial charge < -0.3 is 15.2 Å². The third kappa shape index (κ3) is 4.90. The first-order chi connectivity index (χ1) is 10.4. The van der Waals surface area contributed by atoms with Crippen LogP contribution in [-0.2, 0) is 4.74 Å². The number of nitrogens with one attached hydrogen (secondary N) is 1. The van der Waals surface area contributed by atoms with Crippen molar-refractivity contribution in [2.24, 2.45) is 4.99 Å². The lowest BCUT2D eigenvalue weighted by Gasteiger charge is -2.29. The second-order valence-electron chi connectivity index (χ2n) is 5.63. The molecule has 0 saturated carbocycles. The summed E-state index contributed by atoms with van der Waals surface area (Å²) in [5.41, 5.74) is -3.93. The van der Waals surface area contributed by atoms with Gasteiger partial charge in [-0.3, -0.25) is 4.99 Å². The molecule has 1 fully saturated rings. The van der Waals surface area contributed by atoms with E-state index in [4.69, 9.17) is 10.00 Å². The van der Waals surface area contributed by atoms with Gasteiger partial charge in [0.2, 0.25) is 0 Å². The minimum Gasteiger partial charge on any atom is -0.444 e. The van der Waals surface area contributed by atoms with Gasteiger partial charge in [-0.25, -0.2) is 9.69 Å². The van der Waals surface area contributed by atoms with Crippen molar-refractivity contribution in [1.29, 1.82) is 5.26 Å². The lowest BCUT2D eigenvalue weighted by atomic mass is 10.2. The minimum absolute atomic E-state index is 0.0166. The molecule has 0 bridgehead atoms. The molecule has 0 aliphatic carbocycles. The summed E-state index contributed by atoms with van der Waals surface area (Å²) in [6.45, 7) is 5.01. The van der Waals surface area contributed by atoms with Crippen molar-refractivity contribution in [2.45, 2.75) is 38.3 Å². The third-order valence-electron chi connectivity index (χ3n) is 2.54. The number of aliphatic hydroxyl groups is 1. The van der Waals surface area contributed by atoms with Gasteiger partial charge in [0.1, 0.15) is 5.60 Å². The molecule has 0 aromatic carbocycles. The molecule has 0 aromatic rings. The first kappa shape index (κ1) is 19.4. The number of amides is 1. The molecular formula is C12H17F3N4O3S.